The largest absolute Gasteiger partial charge is 0.370 e. The molecule has 100 valence electrons. The highest BCUT2D eigenvalue weighted by Crippen LogP contribution is 2.68. The molecule has 0 bridgehead atoms. The van der Waals surface area contributed by atoms with Gasteiger partial charge in [-0.3, -0.25) is 0 Å². The first-order valence-corrected chi connectivity index (χ1v) is 6.94. The molecule has 0 unspecified atom stereocenters. The maximum atomic E-state index is 5.98. The number of hydrogen-bond acceptors (Lipinski definition) is 3. The zero-order valence-electron chi connectivity index (χ0n) is 11.8. The Bertz CT molecular complexity index is 440. The molecule has 1 fully saturated rings. The summed E-state index contributed by atoms with van der Waals surface area (Å²) in [5.74, 6) is 2.30. The van der Waals surface area contributed by atoms with Gasteiger partial charge < -0.3 is 5.32 Å². The minimum atomic E-state index is 0.393. The molecule has 0 atom stereocenters. The Morgan fingerprint density at radius 1 is 1.22 bits per heavy atom. The SMILES string of the molecule is CCc1nc(Cl)cc(NCC2C(C)(C)C2(C)C)n1. The van der Waals surface area contributed by atoms with Crippen LogP contribution < -0.4 is 5.32 Å². The van der Waals surface area contributed by atoms with Crippen LogP contribution in [0, 0.1) is 16.7 Å². The number of anilines is 1. The van der Waals surface area contributed by atoms with Crippen LogP contribution in [0.3, 0.4) is 0 Å². The lowest BCUT2D eigenvalue weighted by Crippen LogP contribution is -2.10. The van der Waals surface area contributed by atoms with Gasteiger partial charge in [0.1, 0.15) is 16.8 Å². The van der Waals surface area contributed by atoms with E-state index < -0.39 is 0 Å². The van der Waals surface area contributed by atoms with Crippen LogP contribution in [0.25, 0.3) is 0 Å². The molecular weight excluding hydrogens is 246 g/mol. The Labute approximate surface area is 114 Å². The number of rotatable bonds is 4. The molecule has 0 aliphatic heterocycles. The number of hydrogen-bond donors (Lipinski definition) is 1. The fraction of sp³-hybridized carbons (Fsp3) is 0.714. The molecule has 1 aliphatic carbocycles. The Balaban J connectivity index is 2.02. The lowest BCUT2D eigenvalue weighted by molar-refractivity contribution is 0.457. The van der Waals surface area contributed by atoms with Crippen molar-refractivity contribution in [1.82, 2.24) is 9.97 Å². The molecule has 0 saturated heterocycles. The summed E-state index contributed by atoms with van der Waals surface area (Å²) >= 11 is 5.98. The van der Waals surface area contributed by atoms with Gasteiger partial charge in [-0.1, -0.05) is 46.2 Å². The van der Waals surface area contributed by atoms with E-state index in [0.29, 0.717) is 21.9 Å². The number of halogens is 1. The van der Waals surface area contributed by atoms with E-state index in [1.807, 2.05) is 6.92 Å². The van der Waals surface area contributed by atoms with E-state index in [2.05, 4.69) is 43.0 Å². The van der Waals surface area contributed by atoms with Gasteiger partial charge in [-0.15, -0.1) is 0 Å². The van der Waals surface area contributed by atoms with E-state index in [1.54, 1.807) is 6.07 Å². The van der Waals surface area contributed by atoms with Gasteiger partial charge in [0.15, 0.2) is 0 Å². The number of nitrogens with zero attached hydrogens (tertiary/aromatic N) is 2. The molecule has 4 heteroatoms. The molecule has 1 heterocycles. The summed E-state index contributed by atoms with van der Waals surface area (Å²) in [6.45, 7) is 12.3. The quantitative estimate of drug-likeness (QED) is 0.844. The standard InChI is InChI=1S/C14H22ClN3/c1-6-11-17-10(15)7-12(18-11)16-8-9-13(2,3)14(9,4)5/h7,9H,6,8H2,1-5H3,(H,16,17,18). The van der Waals surface area contributed by atoms with Gasteiger partial charge in [-0.2, -0.15) is 0 Å². The van der Waals surface area contributed by atoms with Gasteiger partial charge in [-0.25, -0.2) is 9.97 Å². The molecule has 1 aromatic heterocycles. The van der Waals surface area contributed by atoms with Crippen LogP contribution in [0.15, 0.2) is 6.07 Å². The number of nitrogens with one attached hydrogen (secondary N) is 1. The monoisotopic (exact) mass is 267 g/mol. The van der Waals surface area contributed by atoms with E-state index in [1.165, 1.54) is 0 Å². The van der Waals surface area contributed by atoms with Crippen LogP contribution in [0.4, 0.5) is 5.82 Å². The minimum Gasteiger partial charge on any atom is -0.370 e. The first-order valence-electron chi connectivity index (χ1n) is 6.56. The summed E-state index contributed by atoms with van der Waals surface area (Å²) in [5.41, 5.74) is 0.787. The molecule has 2 rings (SSSR count). The van der Waals surface area contributed by atoms with E-state index in [0.717, 1.165) is 24.6 Å². The average Bonchev–Trinajstić information content (AvgIpc) is 2.66. The molecule has 0 amide bonds. The van der Waals surface area contributed by atoms with Gasteiger partial charge in [0, 0.05) is 19.0 Å². The number of aryl methyl sites for hydroxylation is 1. The predicted molar refractivity (Wildman–Crippen MR) is 76.0 cm³/mol. The Morgan fingerprint density at radius 2 is 1.83 bits per heavy atom. The van der Waals surface area contributed by atoms with Crippen molar-refractivity contribution in [1.29, 1.82) is 0 Å². The van der Waals surface area contributed by atoms with Crippen LogP contribution in [0.5, 0.6) is 0 Å². The lowest BCUT2D eigenvalue weighted by Gasteiger charge is -2.08. The third-order valence-electron chi connectivity index (χ3n) is 4.86. The fourth-order valence-electron chi connectivity index (χ4n) is 2.76. The Kier molecular flexibility index (Phi) is 3.30. The third-order valence-corrected chi connectivity index (χ3v) is 5.06. The van der Waals surface area contributed by atoms with E-state index in [4.69, 9.17) is 11.6 Å². The van der Waals surface area contributed by atoms with Gasteiger partial charge >= 0.3 is 0 Å². The van der Waals surface area contributed by atoms with Crippen molar-refractivity contribution in [3.05, 3.63) is 17.0 Å². The van der Waals surface area contributed by atoms with Crippen molar-refractivity contribution in [3.63, 3.8) is 0 Å². The Hall–Kier alpha value is -0.830. The van der Waals surface area contributed by atoms with E-state index in [-0.39, 0.29) is 0 Å². The highest BCUT2D eigenvalue weighted by atomic mass is 35.5. The first kappa shape index (κ1) is 13.6. The van der Waals surface area contributed by atoms with Crippen LogP contribution in [0.2, 0.25) is 5.15 Å². The molecule has 0 spiro atoms. The van der Waals surface area contributed by atoms with Gasteiger partial charge in [-0.05, 0) is 16.7 Å². The van der Waals surface area contributed by atoms with Gasteiger partial charge in [0.05, 0.1) is 0 Å². The van der Waals surface area contributed by atoms with Gasteiger partial charge in [0.25, 0.3) is 0 Å². The molecule has 3 nitrogen and oxygen atoms in total. The summed E-state index contributed by atoms with van der Waals surface area (Å²) in [4.78, 5) is 8.61. The molecule has 0 radical (unpaired) electrons. The molecule has 1 aliphatic rings. The normalized spacial score (nSPS) is 20.8. The molecule has 1 aromatic rings. The topological polar surface area (TPSA) is 37.8 Å². The van der Waals surface area contributed by atoms with Crippen LogP contribution in [0.1, 0.15) is 40.4 Å². The zero-order chi connectivity index (χ0) is 13.6. The highest BCUT2D eigenvalue weighted by Gasteiger charge is 2.64. The maximum Gasteiger partial charge on any atom is 0.134 e. The molecule has 1 N–H and O–H groups in total. The third kappa shape index (κ3) is 2.20. The summed E-state index contributed by atoms with van der Waals surface area (Å²) in [7, 11) is 0. The van der Waals surface area contributed by atoms with Crippen molar-refractivity contribution in [2.24, 2.45) is 16.7 Å². The fourth-order valence-corrected chi connectivity index (χ4v) is 2.96. The summed E-state index contributed by atoms with van der Waals surface area (Å²) < 4.78 is 0. The lowest BCUT2D eigenvalue weighted by atomic mass is 10.0. The van der Waals surface area contributed by atoms with Crippen LogP contribution >= 0.6 is 11.6 Å². The minimum absolute atomic E-state index is 0.393. The van der Waals surface area contributed by atoms with Crippen molar-refractivity contribution in [2.75, 3.05) is 11.9 Å². The van der Waals surface area contributed by atoms with E-state index in [9.17, 15) is 0 Å². The second kappa shape index (κ2) is 4.37. The highest BCUT2D eigenvalue weighted by molar-refractivity contribution is 6.29. The second-order valence-electron chi connectivity index (χ2n) is 6.22. The summed E-state index contributed by atoms with van der Waals surface area (Å²) in [5, 5.41) is 3.91. The number of aromatic nitrogens is 2. The Morgan fingerprint density at radius 3 is 2.33 bits per heavy atom. The van der Waals surface area contributed by atoms with E-state index >= 15 is 0 Å². The second-order valence-corrected chi connectivity index (χ2v) is 6.61. The van der Waals surface area contributed by atoms with Gasteiger partial charge in [0.2, 0.25) is 0 Å². The van der Waals surface area contributed by atoms with Crippen molar-refractivity contribution in [3.8, 4) is 0 Å². The summed E-state index contributed by atoms with van der Waals surface area (Å²) in [6, 6.07) is 1.79. The smallest absolute Gasteiger partial charge is 0.134 e. The molecular formula is C14H22ClN3. The first-order chi connectivity index (χ1) is 8.29. The van der Waals surface area contributed by atoms with Crippen molar-refractivity contribution >= 4 is 17.4 Å². The zero-order valence-corrected chi connectivity index (χ0v) is 12.6. The van der Waals surface area contributed by atoms with Crippen molar-refractivity contribution < 1.29 is 0 Å². The predicted octanol–water partition coefficient (Wildman–Crippen LogP) is 3.79. The maximum absolute atomic E-state index is 5.98. The summed E-state index contributed by atoms with van der Waals surface area (Å²) in [6.07, 6.45) is 0.801. The molecule has 1 saturated carbocycles. The van der Waals surface area contributed by atoms with Crippen LogP contribution in [-0.4, -0.2) is 16.5 Å². The molecule has 18 heavy (non-hydrogen) atoms. The van der Waals surface area contributed by atoms with Crippen LogP contribution in [-0.2, 0) is 6.42 Å². The molecule has 0 aromatic carbocycles. The average molecular weight is 268 g/mol. The van der Waals surface area contributed by atoms with Crippen molar-refractivity contribution in [2.45, 2.75) is 41.0 Å².